The number of imide groups is 2. The molecule has 2 aromatic carbocycles. The van der Waals surface area contributed by atoms with Gasteiger partial charge in [-0.3, -0.25) is 25.0 Å². The minimum atomic E-state index is -0.891. The topological polar surface area (TPSA) is 142 Å². The molecule has 0 radical (unpaired) electrons. The molecule has 0 saturated carbocycles. The zero-order valence-corrected chi connectivity index (χ0v) is 19.9. The summed E-state index contributed by atoms with van der Waals surface area (Å²) in [5, 5.41) is 13.5. The van der Waals surface area contributed by atoms with Crippen LogP contribution in [0.4, 0.5) is 16.2 Å². The molecule has 2 aliphatic heterocycles. The number of ether oxygens (including phenoxy) is 3. The van der Waals surface area contributed by atoms with E-state index in [0.29, 0.717) is 39.9 Å². The fraction of sp³-hybridized carbons (Fsp3) is 0.160. The summed E-state index contributed by atoms with van der Waals surface area (Å²) in [5.74, 6) is -0.410. The lowest BCUT2D eigenvalue weighted by molar-refractivity contribution is -0.384. The van der Waals surface area contributed by atoms with Crippen LogP contribution in [-0.2, 0) is 9.59 Å². The highest BCUT2D eigenvalue weighted by Gasteiger charge is 2.37. The number of anilines is 1. The maximum Gasteiger partial charge on any atom is 0.335 e. The lowest BCUT2D eigenvalue weighted by Crippen LogP contribution is -2.54. The van der Waals surface area contributed by atoms with E-state index in [0.717, 1.165) is 4.90 Å². The lowest BCUT2D eigenvalue weighted by atomic mass is 10.1. The summed E-state index contributed by atoms with van der Waals surface area (Å²) < 4.78 is 17.7. The summed E-state index contributed by atoms with van der Waals surface area (Å²) in [6, 6.07) is 9.61. The first-order chi connectivity index (χ1) is 17.7. The summed E-state index contributed by atoms with van der Waals surface area (Å²) in [6.45, 7) is 3.54. The molecule has 0 aliphatic carbocycles. The number of carbonyl (C=O) groups is 3. The molecule has 1 fully saturated rings. The Morgan fingerprint density at radius 2 is 1.81 bits per heavy atom. The van der Waals surface area contributed by atoms with Crippen LogP contribution in [0.1, 0.15) is 17.0 Å². The van der Waals surface area contributed by atoms with Crippen LogP contribution >= 0.6 is 0 Å². The van der Waals surface area contributed by atoms with Gasteiger partial charge in [0.1, 0.15) is 11.3 Å². The van der Waals surface area contributed by atoms with Gasteiger partial charge >= 0.3 is 6.03 Å². The molecule has 0 bridgehead atoms. The number of nitro groups is 1. The van der Waals surface area contributed by atoms with Crippen LogP contribution in [0.5, 0.6) is 17.2 Å². The highest BCUT2D eigenvalue weighted by molar-refractivity contribution is 6.39. The predicted molar refractivity (Wildman–Crippen MR) is 130 cm³/mol. The zero-order chi connectivity index (χ0) is 26.4. The quantitative estimate of drug-likeness (QED) is 0.241. The van der Waals surface area contributed by atoms with E-state index in [4.69, 9.17) is 14.2 Å². The zero-order valence-electron chi connectivity index (χ0n) is 19.9. The van der Waals surface area contributed by atoms with Gasteiger partial charge in [-0.2, -0.15) is 0 Å². The van der Waals surface area contributed by atoms with E-state index in [1.165, 1.54) is 43.5 Å². The van der Waals surface area contributed by atoms with Gasteiger partial charge in [0.25, 0.3) is 17.5 Å². The number of benzene rings is 2. The van der Waals surface area contributed by atoms with Gasteiger partial charge in [-0.05, 0) is 49.8 Å². The van der Waals surface area contributed by atoms with E-state index in [1.807, 2.05) is 0 Å². The maximum absolute atomic E-state index is 13.3. The molecule has 3 heterocycles. The SMILES string of the molecule is COc1ccc([N+](=O)[O-])cc1-n1c(C)cc(/C=C2\C(=O)NC(=O)N(c3ccc4c(c3)OCO4)C2=O)c1C. The molecule has 12 nitrogen and oxygen atoms in total. The van der Waals surface area contributed by atoms with Gasteiger partial charge in [-0.25, -0.2) is 9.69 Å². The second-order valence-electron chi connectivity index (χ2n) is 8.27. The van der Waals surface area contributed by atoms with Gasteiger partial charge < -0.3 is 18.8 Å². The fourth-order valence-corrected chi connectivity index (χ4v) is 4.34. The molecule has 1 N–H and O–H groups in total. The fourth-order valence-electron chi connectivity index (χ4n) is 4.34. The Kier molecular flexibility index (Phi) is 5.63. The molecule has 0 atom stereocenters. The first-order valence-electron chi connectivity index (χ1n) is 11.0. The summed E-state index contributed by atoms with van der Waals surface area (Å²) in [7, 11) is 1.45. The Balaban J connectivity index is 1.57. The van der Waals surface area contributed by atoms with Crippen molar-refractivity contribution in [2.45, 2.75) is 13.8 Å². The number of hydrogen-bond acceptors (Lipinski definition) is 8. The number of aryl methyl sites for hydroxylation is 1. The summed E-state index contributed by atoms with van der Waals surface area (Å²) in [5.41, 5.74) is 2.02. The number of nitro benzene ring substituents is 1. The van der Waals surface area contributed by atoms with Crippen LogP contribution in [0.15, 0.2) is 48.0 Å². The van der Waals surface area contributed by atoms with Crippen molar-refractivity contribution in [3.8, 4) is 22.9 Å². The number of fused-ring (bicyclic) bond motifs is 1. The molecule has 1 saturated heterocycles. The van der Waals surface area contributed by atoms with Crippen LogP contribution < -0.4 is 24.4 Å². The molecule has 12 heteroatoms. The van der Waals surface area contributed by atoms with Crippen LogP contribution in [0.2, 0.25) is 0 Å². The third kappa shape index (κ3) is 3.93. The first-order valence-corrected chi connectivity index (χ1v) is 11.0. The molecule has 1 aromatic heterocycles. The average Bonchev–Trinajstić information content (AvgIpc) is 3.44. The number of barbiturate groups is 1. The molecule has 3 aromatic rings. The number of amides is 4. The Morgan fingerprint density at radius 3 is 2.54 bits per heavy atom. The van der Waals surface area contributed by atoms with Gasteiger partial charge in [-0.15, -0.1) is 0 Å². The van der Waals surface area contributed by atoms with Gasteiger partial charge in [0, 0.05) is 29.6 Å². The van der Waals surface area contributed by atoms with E-state index >= 15 is 0 Å². The average molecular weight is 504 g/mol. The van der Waals surface area contributed by atoms with Crippen molar-refractivity contribution in [2.24, 2.45) is 0 Å². The van der Waals surface area contributed by atoms with Crippen LogP contribution in [0, 0.1) is 24.0 Å². The molecule has 2 aliphatic rings. The number of urea groups is 1. The van der Waals surface area contributed by atoms with Crippen molar-refractivity contribution in [3.05, 3.63) is 75.1 Å². The standard InChI is InChI=1S/C25H20N4O8/c1-13-8-15(14(2)27(13)19-10-17(29(33)34)5-6-20(19)35-3)9-18-23(30)26-25(32)28(24(18)31)16-4-7-21-22(11-16)37-12-36-21/h4-11H,12H2,1-3H3,(H,26,30,32)/b18-9+. The van der Waals surface area contributed by atoms with E-state index in [1.54, 1.807) is 30.5 Å². The van der Waals surface area contributed by atoms with Gasteiger partial charge in [0.15, 0.2) is 11.5 Å². The number of nitrogens with one attached hydrogen (secondary N) is 1. The number of rotatable bonds is 5. The molecule has 188 valence electrons. The molecule has 0 unspecified atom stereocenters. The lowest BCUT2D eigenvalue weighted by Gasteiger charge is -2.26. The van der Waals surface area contributed by atoms with Crippen LogP contribution in [0.25, 0.3) is 11.8 Å². The van der Waals surface area contributed by atoms with Crippen molar-refractivity contribution < 1.29 is 33.5 Å². The van der Waals surface area contributed by atoms with Gasteiger partial charge in [-0.1, -0.05) is 0 Å². The largest absolute Gasteiger partial charge is 0.495 e. The number of methoxy groups -OCH3 is 1. The van der Waals surface area contributed by atoms with E-state index in [-0.39, 0.29) is 23.7 Å². The van der Waals surface area contributed by atoms with Crippen molar-refractivity contribution in [3.63, 3.8) is 0 Å². The molecule has 37 heavy (non-hydrogen) atoms. The second kappa shape index (κ2) is 8.82. The number of nitrogens with zero attached hydrogens (tertiary/aromatic N) is 3. The molecule has 5 rings (SSSR count). The Labute approximate surface area is 209 Å². The van der Waals surface area contributed by atoms with Crippen molar-refractivity contribution in [1.82, 2.24) is 9.88 Å². The number of hydrogen-bond donors (Lipinski definition) is 1. The minimum absolute atomic E-state index is 0.0214. The third-order valence-corrected chi connectivity index (χ3v) is 6.10. The Morgan fingerprint density at radius 1 is 1.05 bits per heavy atom. The van der Waals surface area contributed by atoms with Crippen LogP contribution in [0.3, 0.4) is 0 Å². The highest BCUT2D eigenvalue weighted by atomic mass is 16.7. The molecular weight excluding hydrogens is 484 g/mol. The van der Waals surface area contributed by atoms with E-state index in [2.05, 4.69) is 5.32 Å². The van der Waals surface area contributed by atoms with Crippen LogP contribution in [-0.4, -0.2) is 41.2 Å². The first kappa shape index (κ1) is 23.6. The monoisotopic (exact) mass is 504 g/mol. The molecular formula is C25H20N4O8. The molecule has 4 amide bonds. The van der Waals surface area contributed by atoms with Crippen molar-refractivity contribution in [1.29, 1.82) is 0 Å². The van der Waals surface area contributed by atoms with Crippen molar-refractivity contribution >= 4 is 35.3 Å². The van der Waals surface area contributed by atoms with E-state index < -0.39 is 22.8 Å². The van der Waals surface area contributed by atoms with Gasteiger partial charge in [0.05, 0.1) is 23.4 Å². The number of non-ortho nitro benzene ring substituents is 1. The predicted octanol–water partition coefficient (Wildman–Crippen LogP) is 3.41. The second-order valence-corrected chi connectivity index (χ2v) is 8.27. The summed E-state index contributed by atoms with van der Waals surface area (Å²) in [6.07, 6.45) is 1.38. The Hall–Kier alpha value is -5.13. The number of carbonyl (C=O) groups excluding carboxylic acids is 3. The summed E-state index contributed by atoms with van der Waals surface area (Å²) in [4.78, 5) is 50.3. The van der Waals surface area contributed by atoms with Gasteiger partial charge in [0.2, 0.25) is 6.79 Å². The minimum Gasteiger partial charge on any atom is -0.495 e. The van der Waals surface area contributed by atoms with E-state index in [9.17, 15) is 24.5 Å². The Bertz CT molecular complexity index is 1540. The molecule has 0 spiro atoms. The third-order valence-electron chi connectivity index (χ3n) is 6.10. The smallest absolute Gasteiger partial charge is 0.335 e. The highest BCUT2D eigenvalue weighted by Crippen LogP contribution is 2.37. The maximum atomic E-state index is 13.3. The number of aromatic nitrogens is 1. The normalized spacial score (nSPS) is 15.8. The summed E-state index contributed by atoms with van der Waals surface area (Å²) >= 11 is 0. The van der Waals surface area contributed by atoms with Crippen molar-refractivity contribution in [2.75, 3.05) is 18.8 Å².